The topological polar surface area (TPSA) is 57.6 Å². The van der Waals surface area contributed by atoms with Crippen LogP contribution in [0.2, 0.25) is 5.02 Å². The van der Waals surface area contributed by atoms with Gasteiger partial charge in [0.2, 0.25) is 0 Å². The van der Waals surface area contributed by atoms with Crippen molar-refractivity contribution >= 4 is 27.3 Å². The van der Waals surface area contributed by atoms with Crippen LogP contribution in [0.1, 0.15) is 5.56 Å². The lowest BCUT2D eigenvalue weighted by Crippen LogP contribution is -2.53. The number of nitrogens with zero attached hydrogens (tertiary/aromatic N) is 1. The van der Waals surface area contributed by atoms with Crippen molar-refractivity contribution in [1.29, 1.82) is 0 Å². The van der Waals surface area contributed by atoms with E-state index in [1.165, 1.54) is 24.3 Å². The van der Waals surface area contributed by atoms with E-state index in [1.54, 1.807) is 6.07 Å². The van der Waals surface area contributed by atoms with Gasteiger partial charge >= 0.3 is 12.4 Å². The third kappa shape index (κ3) is 3.65. The number of hydrogen-bond donors (Lipinski definition) is 1. The quantitative estimate of drug-likeness (QED) is 0.703. The third-order valence-electron chi connectivity index (χ3n) is 3.93. The molecule has 0 aromatic heterocycles. The molecule has 12 heteroatoms. The minimum Gasteiger partial charge on any atom is -0.369 e. The van der Waals surface area contributed by atoms with E-state index in [0.29, 0.717) is 16.4 Å². The van der Waals surface area contributed by atoms with Gasteiger partial charge in [0.25, 0.3) is 15.6 Å². The van der Waals surface area contributed by atoms with Gasteiger partial charge in [0.05, 0.1) is 15.6 Å². The van der Waals surface area contributed by atoms with Crippen LogP contribution in [0.15, 0.2) is 53.4 Å². The second kappa shape index (κ2) is 7.12. The molecule has 0 saturated carbocycles. The molecule has 0 aliphatic carbocycles. The van der Waals surface area contributed by atoms with Crippen LogP contribution in [-0.4, -0.2) is 32.9 Å². The summed E-state index contributed by atoms with van der Waals surface area (Å²) in [6.45, 7) is 0. The summed E-state index contributed by atoms with van der Waals surface area (Å²) in [6.07, 6.45) is -12.2. The Labute approximate surface area is 161 Å². The highest BCUT2D eigenvalue weighted by Crippen LogP contribution is 2.51. The fraction of sp³-hybridized carbons (Fsp3) is 0.250. The van der Waals surface area contributed by atoms with Gasteiger partial charge in [-0.3, -0.25) is 4.31 Å². The summed E-state index contributed by atoms with van der Waals surface area (Å²) in [7, 11) is -3.15. The smallest absolute Gasteiger partial charge is 0.369 e. The average molecular weight is 448 g/mol. The van der Waals surface area contributed by atoms with Gasteiger partial charge in [-0.15, -0.1) is 0 Å². The molecule has 0 saturated heterocycles. The van der Waals surface area contributed by atoms with Gasteiger partial charge in [-0.05, 0) is 24.3 Å². The first kappa shape index (κ1) is 22.3. The summed E-state index contributed by atoms with van der Waals surface area (Å²) in [5.74, 6) is 0. The molecule has 2 aromatic rings. The molecule has 0 unspecified atom stereocenters. The summed E-state index contributed by atoms with van der Waals surface area (Å²) in [6, 6.07) is 8.11. The molecule has 0 atom stereocenters. The zero-order valence-corrected chi connectivity index (χ0v) is 15.5. The number of benzene rings is 2. The fourth-order valence-corrected chi connectivity index (χ4v) is 3.95. The zero-order valence-electron chi connectivity index (χ0n) is 13.9. The van der Waals surface area contributed by atoms with E-state index in [-0.39, 0.29) is 16.6 Å². The maximum atomic E-state index is 13.0. The molecule has 0 aliphatic heterocycles. The maximum Gasteiger partial charge on any atom is 0.430 e. The number of rotatable bonds is 4. The van der Waals surface area contributed by atoms with E-state index in [9.17, 15) is 39.9 Å². The van der Waals surface area contributed by atoms with Crippen molar-refractivity contribution in [2.45, 2.75) is 22.8 Å². The number of anilines is 1. The minimum absolute atomic E-state index is 0.167. The van der Waals surface area contributed by atoms with E-state index in [4.69, 9.17) is 11.6 Å². The molecular formula is C16H12ClF6NO3S. The molecule has 1 N–H and O–H groups in total. The number of hydrogen-bond acceptors (Lipinski definition) is 3. The van der Waals surface area contributed by atoms with E-state index in [0.717, 1.165) is 7.05 Å². The van der Waals surface area contributed by atoms with Crippen molar-refractivity contribution < 1.29 is 39.9 Å². The highest BCUT2D eigenvalue weighted by Gasteiger charge is 2.71. The molecule has 4 nitrogen and oxygen atoms in total. The summed E-state index contributed by atoms with van der Waals surface area (Å²) in [5, 5.41) is 8.68. The van der Waals surface area contributed by atoms with Crippen molar-refractivity contribution in [2.24, 2.45) is 0 Å². The summed E-state index contributed by atoms with van der Waals surface area (Å²) < 4.78 is 104. The van der Waals surface area contributed by atoms with Crippen LogP contribution < -0.4 is 4.31 Å². The first-order valence-electron chi connectivity index (χ1n) is 7.34. The van der Waals surface area contributed by atoms with E-state index >= 15 is 0 Å². The number of alkyl halides is 6. The number of sulfonamides is 1. The normalized spacial score (nSPS) is 13.5. The van der Waals surface area contributed by atoms with Crippen molar-refractivity contribution in [2.75, 3.05) is 11.4 Å². The fourth-order valence-electron chi connectivity index (χ4n) is 2.36. The van der Waals surface area contributed by atoms with Gasteiger partial charge < -0.3 is 5.11 Å². The van der Waals surface area contributed by atoms with Gasteiger partial charge in [-0.1, -0.05) is 35.9 Å². The molecule has 0 amide bonds. The Morgan fingerprint density at radius 3 is 1.86 bits per heavy atom. The Morgan fingerprint density at radius 2 is 1.43 bits per heavy atom. The van der Waals surface area contributed by atoms with E-state index in [1.807, 2.05) is 0 Å². The minimum atomic E-state index is -6.09. The lowest BCUT2D eigenvalue weighted by molar-refractivity contribution is -0.376. The molecule has 0 spiro atoms. The Hall–Kier alpha value is -1.98. The molecule has 2 aromatic carbocycles. The monoisotopic (exact) mass is 447 g/mol. The van der Waals surface area contributed by atoms with Crippen LogP contribution in [0, 0.1) is 0 Å². The standard InChI is InChI=1S/C16H12ClF6NO3S/c1-24(28(26,27)11-5-3-2-4-6-11)13-8-7-10(9-12(13)17)14(25,15(18,19)20)16(21,22)23/h2-9,25H,1H3. The Balaban J connectivity index is 2.56. The SMILES string of the molecule is CN(c1ccc(C(O)(C(F)(F)F)C(F)(F)F)cc1Cl)S(=O)(=O)c1ccccc1. The largest absolute Gasteiger partial charge is 0.430 e. The summed E-state index contributed by atoms with van der Waals surface area (Å²) in [5.41, 5.74) is -7.13. The van der Waals surface area contributed by atoms with Gasteiger partial charge in [-0.25, -0.2) is 8.42 Å². The van der Waals surface area contributed by atoms with Crippen LogP contribution in [0.3, 0.4) is 0 Å². The van der Waals surface area contributed by atoms with E-state index in [2.05, 4.69) is 0 Å². The molecule has 0 aliphatic rings. The summed E-state index contributed by atoms with van der Waals surface area (Å²) >= 11 is 5.77. The van der Waals surface area contributed by atoms with Crippen LogP contribution in [0.25, 0.3) is 0 Å². The first-order chi connectivity index (χ1) is 12.6. The van der Waals surface area contributed by atoms with Gasteiger partial charge in [0.15, 0.2) is 0 Å². The van der Waals surface area contributed by atoms with Crippen molar-refractivity contribution in [3.8, 4) is 0 Å². The molecule has 0 heterocycles. The maximum absolute atomic E-state index is 13.0. The van der Waals surface area contributed by atoms with Gasteiger partial charge in [0, 0.05) is 12.6 Å². The van der Waals surface area contributed by atoms with Gasteiger partial charge in [0.1, 0.15) is 0 Å². The zero-order chi connectivity index (χ0) is 21.5. The van der Waals surface area contributed by atoms with Crippen LogP contribution in [0.4, 0.5) is 32.0 Å². The Kier molecular flexibility index (Phi) is 5.68. The third-order valence-corrected chi connectivity index (χ3v) is 6.02. The summed E-state index contributed by atoms with van der Waals surface area (Å²) in [4.78, 5) is -0.167. The lowest BCUT2D eigenvalue weighted by Gasteiger charge is -2.33. The molecule has 154 valence electrons. The predicted octanol–water partition coefficient (Wildman–Crippen LogP) is 4.48. The highest BCUT2D eigenvalue weighted by molar-refractivity contribution is 7.92. The second-order valence-corrected chi connectivity index (χ2v) is 8.03. The molecule has 0 bridgehead atoms. The number of aliphatic hydroxyl groups is 1. The molecular weight excluding hydrogens is 436 g/mol. The second-order valence-electron chi connectivity index (χ2n) is 5.66. The Bertz CT molecular complexity index is 947. The van der Waals surface area contributed by atoms with Crippen molar-refractivity contribution in [3.63, 3.8) is 0 Å². The number of halogens is 7. The lowest BCUT2D eigenvalue weighted by atomic mass is 9.92. The van der Waals surface area contributed by atoms with Crippen molar-refractivity contribution in [3.05, 3.63) is 59.1 Å². The average Bonchev–Trinajstić information content (AvgIpc) is 2.59. The van der Waals surface area contributed by atoms with E-state index < -0.39 is 38.6 Å². The Morgan fingerprint density at radius 1 is 0.929 bits per heavy atom. The van der Waals surface area contributed by atoms with Crippen molar-refractivity contribution in [1.82, 2.24) is 0 Å². The molecule has 0 fully saturated rings. The highest BCUT2D eigenvalue weighted by atomic mass is 35.5. The first-order valence-corrected chi connectivity index (χ1v) is 9.15. The van der Waals surface area contributed by atoms with Gasteiger partial charge in [-0.2, -0.15) is 26.3 Å². The van der Waals surface area contributed by atoms with Crippen LogP contribution in [0.5, 0.6) is 0 Å². The molecule has 28 heavy (non-hydrogen) atoms. The van der Waals surface area contributed by atoms with Crippen LogP contribution >= 0.6 is 11.6 Å². The predicted molar refractivity (Wildman–Crippen MR) is 89.5 cm³/mol. The molecule has 0 radical (unpaired) electrons. The van der Waals surface area contributed by atoms with Crippen LogP contribution in [-0.2, 0) is 15.6 Å². The molecule has 2 rings (SSSR count).